The summed E-state index contributed by atoms with van der Waals surface area (Å²) in [6.07, 6.45) is 14.4. The molecule has 20 heavy (non-hydrogen) atoms. The molecule has 1 spiro atoms. The fourth-order valence-corrected chi connectivity index (χ4v) is 5.05. The smallest absolute Gasteiger partial charge is 0.0309 e. The van der Waals surface area contributed by atoms with Crippen molar-refractivity contribution in [3.63, 3.8) is 0 Å². The zero-order chi connectivity index (χ0) is 14.1. The van der Waals surface area contributed by atoms with Crippen molar-refractivity contribution in [1.29, 1.82) is 0 Å². The summed E-state index contributed by atoms with van der Waals surface area (Å²) in [5.41, 5.74) is 1.12. The maximum atomic E-state index is 3.93. The molecule has 1 heterocycles. The quantitative estimate of drug-likeness (QED) is 0.841. The summed E-state index contributed by atoms with van der Waals surface area (Å²) in [6.45, 7) is 8.75. The average Bonchev–Trinajstić information content (AvgIpc) is 2.93. The molecule has 1 unspecified atom stereocenters. The van der Waals surface area contributed by atoms with Crippen molar-refractivity contribution in [3.8, 4) is 0 Å². The van der Waals surface area contributed by atoms with Gasteiger partial charge in [-0.05, 0) is 44.4 Å². The second kappa shape index (κ2) is 5.96. The predicted molar refractivity (Wildman–Crippen MR) is 86.0 cm³/mol. The van der Waals surface area contributed by atoms with Crippen molar-refractivity contribution in [2.24, 2.45) is 5.41 Å². The first-order chi connectivity index (χ1) is 9.67. The lowest BCUT2D eigenvalue weighted by Gasteiger charge is -2.51. The van der Waals surface area contributed by atoms with Gasteiger partial charge in [0.2, 0.25) is 0 Å². The van der Waals surface area contributed by atoms with Gasteiger partial charge in [-0.1, -0.05) is 39.0 Å². The second-order valence-corrected chi connectivity index (χ2v) is 8.04. The average molecular weight is 278 g/mol. The first kappa shape index (κ1) is 14.8. The highest BCUT2D eigenvalue weighted by atomic mass is 15.3. The normalized spacial score (nSPS) is 33.6. The number of piperazine rings is 1. The van der Waals surface area contributed by atoms with Crippen molar-refractivity contribution >= 4 is 0 Å². The Morgan fingerprint density at radius 3 is 2.30 bits per heavy atom. The molecule has 3 aliphatic rings. The molecule has 1 N–H and O–H groups in total. The van der Waals surface area contributed by atoms with Crippen LogP contribution >= 0.6 is 0 Å². The largest absolute Gasteiger partial charge is 0.308 e. The Morgan fingerprint density at radius 1 is 1.00 bits per heavy atom. The van der Waals surface area contributed by atoms with Gasteiger partial charge in [0.05, 0.1) is 0 Å². The van der Waals surface area contributed by atoms with Gasteiger partial charge in [0.25, 0.3) is 0 Å². The standard InChI is InChI=1S/C18H34N2/c1-3-17(9-7-8-10-17)14-20-15-18(19-13-16(20)2)11-5-4-6-12-18/h16,19H,3-15H2,1-2H3. The lowest BCUT2D eigenvalue weighted by molar-refractivity contribution is 0.0279. The van der Waals surface area contributed by atoms with E-state index in [0.29, 0.717) is 11.0 Å². The van der Waals surface area contributed by atoms with Crippen molar-refractivity contribution < 1.29 is 0 Å². The molecule has 1 saturated heterocycles. The molecule has 1 atom stereocenters. The Bertz CT molecular complexity index is 313. The van der Waals surface area contributed by atoms with Gasteiger partial charge in [0, 0.05) is 31.2 Å². The first-order valence-electron chi connectivity index (χ1n) is 9.16. The van der Waals surface area contributed by atoms with Gasteiger partial charge in [0.15, 0.2) is 0 Å². The zero-order valence-corrected chi connectivity index (χ0v) is 13.7. The van der Waals surface area contributed by atoms with Gasteiger partial charge in [-0.2, -0.15) is 0 Å². The summed E-state index contributed by atoms with van der Waals surface area (Å²) in [6, 6.07) is 0.728. The molecular formula is C18H34N2. The van der Waals surface area contributed by atoms with Gasteiger partial charge in [0.1, 0.15) is 0 Å². The van der Waals surface area contributed by atoms with Gasteiger partial charge in [-0.25, -0.2) is 0 Å². The molecule has 0 aromatic carbocycles. The molecule has 116 valence electrons. The van der Waals surface area contributed by atoms with Gasteiger partial charge >= 0.3 is 0 Å². The van der Waals surface area contributed by atoms with Crippen LogP contribution in [0.3, 0.4) is 0 Å². The maximum absolute atomic E-state index is 3.93. The highest BCUT2D eigenvalue weighted by molar-refractivity contribution is 5.00. The van der Waals surface area contributed by atoms with E-state index in [2.05, 4.69) is 24.1 Å². The minimum absolute atomic E-state index is 0.471. The van der Waals surface area contributed by atoms with Crippen LogP contribution in [0.1, 0.15) is 78.1 Å². The highest BCUT2D eigenvalue weighted by Crippen LogP contribution is 2.43. The number of nitrogens with zero attached hydrogens (tertiary/aromatic N) is 1. The van der Waals surface area contributed by atoms with Gasteiger partial charge in [-0.15, -0.1) is 0 Å². The number of rotatable bonds is 3. The minimum Gasteiger partial charge on any atom is -0.308 e. The molecule has 0 radical (unpaired) electrons. The molecular weight excluding hydrogens is 244 g/mol. The lowest BCUT2D eigenvalue weighted by atomic mass is 9.77. The van der Waals surface area contributed by atoms with E-state index in [0.717, 1.165) is 6.04 Å². The molecule has 0 aromatic rings. The van der Waals surface area contributed by atoms with Crippen LogP contribution in [0.15, 0.2) is 0 Å². The summed E-state index contributed by atoms with van der Waals surface area (Å²) in [5, 5.41) is 3.93. The number of nitrogens with one attached hydrogen (secondary N) is 1. The fourth-order valence-electron chi connectivity index (χ4n) is 5.05. The fraction of sp³-hybridized carbons (Fsp3) is 1.00. The van der Waals surface area contributed by atoms with Crippen molar-refractivity contribution in [2.75, 3.05) is 19.6 Å². The van der Waals surface area contributed by atoms with Crippen LogP contribution in [0, 0.1) is 5.41 Å². The van der Waals surface area contributed by atoms with Crippen LogP contribution in [-0.2, 0) is 0 Å². The summed E-state index contributed by atoms with van der Waals surface area (Å²) < 4.78 is 0. The van der Waals surface area contributed by atoms with Crippen LogP contribution < -0.4 is 5.32 Å². The Balaban J connectivity index is 1.67. The van der Waals surface area contributed by atoms with E-state index < -0.39 is 0 Å². The minimum atomic E-state index is 0.471. The van der Waals surface area contributed by atoms with E-state index in [-0.39, 0.29) is 0 Å². The van der Waals surface area contributed by atoms with Crippen molar-refractivity contribution in [3.05, 3.63) is 0 Å². The van der Waals surface area contributed by atoms with Crippen LogP contribution in [0.2, 0.25) is 0 Å². The van der Waals surface area contributed by atoms with E-state index in [1.165, 1.54) is 83.8 Å². The Hall–Kier alpha value is -0.0800. The van der Waals surface area contributed by atoms with Crippen LogP contribution in [0.25, 0.3) is 0 Å². The SMILES string of the molecule is CCC1(CN2CC3(CCCCC3)NCC2C)CCCC1. The molecule has 3 rings (SSSR count). The molecule has 1 aliphatic heterocycles. The second-order valence-electron chi connectivity index (χ2n) is 8.04. The number of hydrogen-bond donors (Lipinski definition) is 1. The van der Waals surface area contributed by atoms with Crippen LogP contribution in [0.5, 0.6) is 0 Å². The summed E-state index contributed by atoms with van der Waals surface area (Å²) in [7, 11) is 0. The molecule has 0 aromatic heterocycles. The molecule has 0 bridgehead atoms. The van der Waals surface area contributed by atoms with E-state index in [1.54, 1.807) is 0 Å². The van der Waals surface area contributed by atoms with Gasteiger partial charge in [-0.3, -0.25) is 4.90 Å². The van der Waals surface area contributed by atoms with Crippen LogP contribution in [-0.4, -0.2) is 36.1 Å². The summed E-state index contributed by atoms with van der Waals surface area (Å²) in [5.74, 6) is 0. The Morgan fingerprint density at radius 2 is 1.65 bits per heavy atom. The first-order valence-corrected chi connectivity index (χ1v) is 9.16. The van der Waals surface area contributed by atoms with Crippen molar-refractivity contribution in [2.45, 2.75) is 89.6 Å². The monoisotopic (exact) mass is 278 g/mol. The number of hydrogen-bond acceptors (Lipinski definition) is 2. The molecule has 2 nitrogen and oxygen atoms in total. The topological polar surface area (TPSA) is 15.3 Å². The molecule has 2 aliphatic carbocycles. The third kappa shape index (κ3) is 2.92. The maximum Gasteiger partial charge on any atom is 0.0309 e. The van der Waals surface area contributed by atoms with Gasteiger partial charge < -0.3 is 5.32 Å². The van der Waals surface area contributed by atoms with E-state index in [1.807, 2.05) is 0 Å². The predicted octanol–water partition coefficient (Wildman–Crippen LogP) is 3.95. The molecule has 0 amide bonds. The van der Waals surface area contributed by atoms with E-state index in [9.17, 15) is 0 Å². The Labute approximate surface area is 125 Å². The summed E-state index contributed by atoms with van der Waals surface area (Å²) in [4.78, 5) is 2.86. The molecule has 3 fully saturated rings. The Kier molecular flexibility index (Phi) is 4.42. The van der Waals surface area contributed by atoms with E-state index in [4.69, 9.17) is 0 Å². The zero-order valence-electron chi connectivity index (χ0n) is 13.7. The van der Waals surface area contributed by atoms with E-state index >= 15 is 0 Å². The highest BCUT2D eigenvalue weighted by Gasteiger charge is 2.42. The third-order valence-electron chi connectivity index (χ3n) is 6.66. The summed E-state index contributed by atoms with van der Waals surface area (Å²) >= 11 is 0. The van der Waals surface area contributed by atoms with Crippen molar-refractivity contribution in [1.82, 2.24) is 10.2 Å². The molecule has 2 saturated carbocycles. The van der Waals surface area contributed by atoms with Crippen LogP contribution in [0.4, 0.5) is 0 Å². The third-order valence-corrected chi connectivity index (χ3v) is 6.66. The lowest BCUT2D eigenvalue weighted by Crippen LogP contribution is -2.65. The molecule has 2 heteroatoms.